The highest BCUT2D eigenvalue weighted by atomic mass is 16.3. The lowest BCUT2D eigenvalue weighted by molar-refractivity contribution is -0.123. The molecule has 112 valence electrons. The molecule has 2 N–H and O–H groups in total. The molecule has 0 aromatic rings. The third-order valence-corrected chi connectivity index (χ3v) is 3.76. The van der Waals surface area contributed by atoms with Crippen LogP contribution in [0.15, 0.2) is 0 Å². The van der Waals surface area contributed by atoms with Crippen molar-refractivity contribution in [3.63, 3.8) is 0 Å². The quantitative estimate of drug-likeness (QED) is 0.773. The SMILES string of the molecule is CC(C)(C)CCNC(=O)CN1CCCC[C@@H]1CCO. The molecule has 0 radical (unpaired) electrons. The molecule has 1 atom stereocenters. The lowest BCUT2D eigenvalue weighted by Gasteiger charge is -2.35. The fourth-order valence-electron chi connectivity index (χ4n) is 2.56. The molecule has 0 aliphatic carbocycles. The van der Waals surface area contributed by atoms with Crippen LogP contribution in [0.4, 0.5) is 0 Å². The molecule has 1 rings (SSSR count). The first-order valence-electron chi connectivity index (χ1n) is 7.54. The first-order valence-corrected chi connectivity index (χ1v) is 7.54. The Bertz CT molecular complexity index is 272. The van der Waals surface area contributed by atoms with Crippen molar-refractivity contribution < 1.29 is 9.90 Å². The minimum absolute atomic E-state index is 0.120. The predicted molar refractivity (Wildman–Crippen MR) is 78.0 cm³/mol. The number of piperidine rings is 1. The molecule has 1 aliphatic rings. The van der Waals surface area contributed by atoms with Crippen LogP contribution in [-0.2, 0) is 4.79 Å². The minimum Gasteiger partial charge on any atom is -0.396 e. The van der Waals surface area contributed by atoms with Crippen molar-refractivity contribution in [3.8, 4) is 0 Å². The summed E-state index contributed by atoms with van der Waals surface area (Å²) in [5, 5.41) is 12.1. The summed E-state index contributed by atoms with van der Waals surface area (Å²) < 4.78 is 0. The Labute approximate surface area is 117 Å². The summed E-state index contributed by atoms with van der Waals surface area (Å²) in [6.45, 7) is 8.98. The number of rotatable bonds is 6. The zero-order valence-corrected chi connectivity index (χ0v) is 12.7. The lowest BCUT2D eigenvalue weighted by atomic mass is 9.92. The number of nitrogens with one attached hydrogen (secondary N) is 1. The number of likely N-dealkylation sites (tertiary alicyclic amines) is 1. The Morgan fingerprint density at radius 2 is 2.11 bits per heavy atom. The van der Waals surface area contributed by atoms with Gasteiger partial charge in [-0.05, 0) is 37.6 Å². The van der Waals surface area contributed by atoms with Gasteiger partial charge in [-0.25, -0.2) is 0 Å². The summed E-state index contributed by atoms with van der Waals surface area (Å²) in [7, 11) is 0. The predicted octanol–water partition coefficient (Wildman–Crippen LogP) is 1.78. The number of nitrogens with zero attached hydrogens (tertiary/aromatic N) is 1. The van der Waals surface area contributed by atoms with E-state index in [2.05, 4.69) is 31.0 Å². The van der Waals surface area contributed by atoms with Crippen LogP contribution in [0.2, 0.25) is 0 Å². The molecule has 4 nitrogen and oxygen atoms in total. The second kappa shape index (κ2) is 7.85. The van der Waals surface area contributed by atoms with Gasteiger partial charge in [0.15, 0.2) is 0 Å². The highest BCUT2D eigenvalue weighted by molar-refractivity contribution is 5.78. The monoisotopic (exact) mass is 270 g/mol. The van der Waals surface area contributed by atoms with Crippen molar-refractivity contribution in [3.05, 3.63) is 0 Å². The molecule has 4 heteroatoms. The number of carbonyl (C=O) groups is 1. The second-order valence-electron chi connectivity index (χ2n) is 6.79. The van der Waals surface area contributed by atoms with Crippen LogP contribution < -0.4 is 5.32 Å². The van der Waals surface area contributed by atoms with Gasteiger partial charge in [0.1, 0.15) is 0 Å². The number of hydrogen-bond donors (Lipinski definition) is 2. The Kier molecular flexibility index (Phi) is 6.80. The van der Waals surface area contributed by atoms with E-state index >= 15 is 0 Å². The number of aliphatic hydroxyl groups excluding tert-OH is 1. The smallest absolute Gasteiger partial charge is 0.234 e. The molecule has 0 aromatic carbocycles. The summed E-state index contributed by atoms with van der Waals surface area (Å²) in [4.78, 5) is 14.2. The van der Waals surface area contributed by atoms with Crippen molar-refractivity contribution >= 4 is 5.91 Å². The van der Waals surface area contributed by atoms with Gasteiger partial charge < -0.3 is 10.4 Å². The maximum atomic E-state index is 11.9. The van der Waals surface area contributed by atoms with Crippen molar-refractivity contribution in [1.29, 1.82) is 0 Å². The van der Waals surface area contributed by atoms with Gasteiger partial charge in [0, 0.05) is 19.2 Å². The zero-order chi connectivity index (χ0) is 14.3. The number of aliphatic hydroxyl groups is 1. The Balaban J connectivity index is 2.29. The van der Waals surface area contributed by atoms with E-state index in [0.29, 0.717) is 12.6 Å². The van der Waals surface area contributed by atoms with Crippen molar-refractivity contribution in [1.82, 2.24) is 10.2 Å². The minimum atomic E-state index is 0.120. The molecule has 1 heterocycles. The molecule has 1 fully saturated rings. The average Bonchev–Trinajstić information content (AvgIpc) is 2.30. The lowest BCUT2D eigenvalue weighted by Crippen LogP contribution is -2.46. The van der Waals surface area contributed by atoms with Crippen LogP contribution in [0.5, 0.6) is 0 Å². The standard InChI is InChI=1S/C15H30N2O2/c1-15(2,3)8-9-16-14(19)12-17-10-5-4-6-13(17)7-11-18/h13,18H,4-12H2,1-3H3,(H,16,19)/t13-/m1/s1. The molecular formula is C15H30N2O2. The van der Waals surface area contributed by atoms with E-state index in [9.17, 15) is 4.79 Å². The van der Waals surface area contributed by atoms with Gasteiger partial charge in [0.05, 0.1) is 6.54 Å². The number of hydrogen-bond acceptors (Lipinski definition) is 3. The maximum Gasteiger partial charge on any atom is 0.234 e. The van der Waals surface area contributed by atoms with Gasteiger partial charge in [0.25, 0.3) is 0 Å². The highest BCUT2D eigenvalue weighted by Crippen LogP contribution is 2.19. The van der Waals surface area contributed by atoms with Gasteiger partial charge in [0.2, 0.25) is 5.91 Å². The molecule has 0 bridgehead atoms. The molecule has 0 unspecified atom stereocenters. The first-order chi connectivity index (χ1) is 8.92. The third kappa shape index (κ3) is 6.92. The largest absolute Gasteiger partial charge is 0.396 e. The van der Waals surface area contributed by atoms with Crippen LogP contribution in [-0.4, -0.2) is 48.2 Å². The molecular weight excluding hydrogens is 240 g/mol. The fraction of sp³-hybridized carbons (Fsp3) is 0.933. The summed E-state index contributed by atoms with van der Waals surface area (Å²) in [5.41, 5.74) is 0.262. The van der Waals surface area contributed by atoms with E-state index in [0.717, 1.165) is 38.8 Å². The van der Waals surface area contributed by atoms with Gasteiger partial charge in [-0.15, -0.1) is 0 Å². The summed E-state index contributed by atoms with van der Waals surface area (Å²) in [6, 6.07) is 0.382. The van der Waals surface area contributed by atoms with Crippen LogP contribution in [0.1, 0.15) is 52.9 Å². The molecule has 1 aliphatic heterocycles. The van der Waals surface area contributed by atoms with E-state index in [1.54, 1.807) is 0 Å². The fourth-order valence-corrected chi connectivity index (χ4v) is 2.56. The average molecular weight is 270 g/mol. The van der Waals surface area contributed by atoms with Crippen LogP contribution >= 0.6 is 0 Å². The van der Waals surface area contributed by atoms with Gasteiger partial charge in [-0.2, -0.15) is 0 Å². The van der Waals surface area contributed by atoms with Crippen molar-refractivity contribution in [2.75, 3.05) is 26.2 Å². The van der Waals surface area contributed by atoms with E-state index < -0.39 is 0 Å². The van der Waals surface area contributed by atoms with Crippen LogP contribution in [0, 0.1) is 5.41 Å². The molecule has 1 amide bonds. The topological polar surface area (TPSA) is 52.6 Å². The van der Waals surface area contributed by atoms with E-state index in [4.69, 9.17) is 5.11 Å². The third-order valence-electron chi connectivity index (χ3n) is 3.76. The number of amides is 1. The Hall–Kier alpha value is -0.610. The van der Waals surface area contributed by atoms with Crippen LogP contribution in [0.3, 0.4) is 0 Å². The van der Waals surface area contributed by atoms with Crippen molar-refractivity contribution in [2.24, 2.45) is 5.41 Å². The number of carbonyl (C=O) groups excluding carboxylic acids is 1. The second-order valence-corrected chi connectivity index (χ2v) is 6.79. The van der Waals surface area contributed by atoms with Gasteiger partial charge in [-0.3, -0.25) is 9.69 Å². The highest BCUT2D eigenvalue weighted by Gasteiger charge is 2.23. The van der Waals surface area contributed by atoms with Gasteiger partial charge >= 0.3 is 0 Å². The molecule has 0 spiro atoms. The normalized spacial score (nSPS) is 21.4. The molecule has 19 heavy (non-hydrogen) atoms. The van der Waals surface area contributed by atoms with E-state index in [-0.39, 0.29) is 17.9 Å². The van der Waals surface area contributed by atoms with Gasteiger partial charge in [-0.1, -0.05) is 27.2 Å². The summed E-state index contributed by atoms with van der Waals surface area (Å²) >= 11 is 0. The molecule has 1 saturated heterocycles. The first kappa shape index (κ1) is 16.4. The van der Waals surface area contributed by atoms with E-state index in [1.165, 1.54) is 6.42 Å². The maximum absolute atomic E-state index is 11.9. The zero-order valence-electron chi connectivity index (χ0n) is 12.7. The van der Waals surface area contributed by atoms with Crippen molar-refractivity contribution in [2.45, 2.75) is 58.9 Å². The molecule has 0 saturated carbocycles. The van der Waals surface area contributed by atoms with E-state index in [1.807, 2.05) is 0 Å². The Morgan fingerprint density at radius 3 is 2.74 bits per heavy atom. The van der Waals surface area contributed by atoms with Crippen LogP contribution in [0.25, 0.3) is 0 Å². The molecule has 0 aromatic heterocycles. The Morgan fingerprint density at radius 1 is 1.37 bits per heavy atom. The summed E-state index contributed by atoms with van der Waals surface area (Å²) in [5.74, 6) is 0.120. The summed E-state index contributed by atoms with van der Waals surface area (Å²) in [6.07, 6.45) is 5.27.